The van der Waals surface area contributed by atoms with Crippen molar-refractivity contribution in [1.82, 2.24) is 4.98 Å². The van der Waals surface area contributed by atoms with Crippen LogP contribution in [0.15, 0.2) is 65.6 Å². The predicted molar refractivity (Wildman–Crippen MR) is 121 cm³/mol. The summed E-state index contributed by atoms with van der Waals surface area (Å²) < 4.78 is 34.6. The monoisotopic (exact) mass is 452 g/mol. The number of pyridine rings is 1. The van der Waals surface area contributed by atoms with Crippen molar-refractivity contribution in [3.63, 3.8) is 0 Å². The molecule has 3 aromatic rings. The first kappa shape index (κ1) is 21.8. The molecule has 0 spiro atoms. The minimum absolute atomic E-state index is 0.0290. The van der Waals surface area contributed by atoms with Crippen molar-refractivity contribution in [2.45, 2.75) is 37.7 Å². The number of aromatic nitrogens is 1. The summed E-state index contributed by atoms with van der Waals surface area (Å²) in [6.45, 7) is 3.76. The maximum absolute atomic E-state index is 13.6. The van der Waals surface area contributed by atoms with Crippen molar-refractivity contribution in [1.29, 1.82) is 0 Å². The molecular formula is C24H24N2O5S. The summed E-state index contributed by atoms with van der Waals surface area (Å²) >= 11 is 0. The van der Waals surface area contributed by atoms with Gasteiger partial charge in [-0.05, 0) is 68.3 Å². The van der Waals surface area contributed by atoms with Gasteiger partial charge in [-0.3, -0.25) is 14.1 Å². The topological polar surface area (TPSA) is 96.8 Å². The maximum atomic E-state index is 13.6. The van der Waals surface area contributed by atoms with Crippen molar-refractivity contribution in [2.24, 2.45) is 0 Å². The minimum Gasteiger partial charge on any atom is -0.486 e. The molecule has 8 heteroatoms. The summed E-state index contributed by atoms with van der Waals surface area (Å²) in [5.74, 6) is -0.548. The zero-order valence-corrected chi connectivity index (χ0v) is 18.7. The van der Waals surface area contributed by atoms with Gasteiger partial charge in [0, 0.05) is 17.7 Å². The smallest absolute Gasteiger partial charge is 0.303 e. The van der Waals surface area contributed by atoms with Crippen LogP contribution in [0.25, 0.3) is 11.3 Å². The molecule has 1 aliphatic heterocycles. The van der Waals surface area contributed by atoms with Gasteiger partial charge in [-0.25, -0.2) is 8.42 Å². The number of anilines is 1. The number of hydrogen-bond acceptors (Lipinski definition) is 5. The van der Waals surface area contributed by atoms with Crippen molar-refractivity contribution in [3.05, 3.63) is 71.9 Å². The number of benzene rings is 2. The van der Waals surface area contributed by atoms with Crippen molar-refractivity contribution in [3.8, 4) is 17.0 Å². The van der Waals surface area contributed by atoms with E-state index in [0.29, 0.717) is 11.4 Å². The molecule has 4 rings (SSSR count). The van der Waals surface area contributed by atoms with E-state index in [0.717, 1.165) is 22.5 Å². The van der Waals surface area contributed by atoms with Gasteiger partial charge in [0.2, 0.25) is 0 Å². The second-order valence-corrected chi connectivity index (χ2v) is 9.73. The molecule has 7 nitrogen and oxygen atoms in total. The molecule has 1 aliphatic rings. The highest BCUT2D eigenvalue weighted by Crippen LogP contribution is 2.40. The number of sulfonamides is 1. The quantitative estimate of drug-likeness (QED) is 0.602. The van der Waals surface area contributed by atoms with E-state index in [1.807, 2.05) is 44.2 Å². The van der Waals surface area contributed by atoms with E-state index in [2.05, 4.69) is 4.98 Å². The Morgan fingerprint density at radius 1 is 1.12 bits per heavy atom. The Labute approximate surface area is 187 Å². The Morgan fingerprint density at radius 3 is 2.62 bits per heavy atom. The third-order valence-electron chi connectivity index (χ3n) is 5.33. The van der Waals surface area contributed by atoms with Gasteiger partial charge in [0.05, 0.1) is 22.8 Å². The average molecular weight is 453 g/mol. The Kier molecular flexibility index (Phi) is 5.88. The van der Waals surface area contributed by atoms with Gasteiger partial charge in [-0.1, -0.05) is 18.2 Å². The van der Waals surface area contributed by atoms with Crippen LogP contribution in [0.5, 0.6) is 5.75 Å². The largest absolute Gasteiger partial charge is 0.486 e. The molecule has 1 atom stereocenters. The van der Waals surface area contributed by atoms with E-state index in [9.17, 15) is 13.2 Å². The number of nitrogens with zero attached hydrogens (tertiary/aromatic N) is 2. The lowest BCUT2D eigenvalue weighted by Gasteiger charge is -2.35. The van der Waals surface area contributed by atoms with E-state index in [-0.39, 0.29) is 24.3 Å². The highest BCUT2D eigenvalue weighted by atomic mass is 32.2. The molecule has 0 radical (unpaired) electrons. The zero-order chi connectivity index (χ0) is 22.9. The average Bonchev–Trinajstić information content (AvgIpc) is 2.76. The van der Waals surface area contributed by atoms with Gasteiger partial charge in [0.25, 0.3) is 10.0 Å². The molecule has 1 aromatic heterocycles. The molecular weight excluding hydrogens is 428 g/mol. The van der Waals surface area contributed by atoms with Crippen LogP contribution in [-0.2, 0) is 14.8 Å². The van der Waals surface area contributed by atoms with Gasteiger partial charge >= 0.3 is 5.97 Å². The SMILES string of the molecule is Cc1cccc(S(=O)(=O)N2C[C@H](CCC(=O)O)Oc3ccc(-c4cccc(C)n4)cc32)c1. The molecule has 0 fully saturated rings. The molecule has 1 N–H and O–H groups in total. The Balaban J connectivity index is 1.80. The fraction of sp³-hybridized carbons (Fsp3) is 0.250. The van der Waals surface area contributed by atoms with Gasteiger partial charge in [-0.2, -0.15) is 0 Å². The van der Waals surface area contributed by atoms with Crippen LogP contribution in [-0.4, -0.2) is 37.1 Å². The Bertz CT molecular complexity index is 1270. The van der Waals surface area contributed by atoms with E-state index in [4.69, 9.17) is 9.84 Å². The first-order valence-corrected chi connectivity index (χ1v) is 11.7. The summed E-state index contributed by atoms with van der Waals surface area (Å²) in [6.07, 6.45) is -0.472. The number of aryl methyl sites for hydroxylation is 2. The highest BCUT2D eigenvalue weighted by Gasteiger charge is 2.35. The second kappa shape index (κ2) is 8.63. The number of aliphatic carboxylic acids is 1. The van der Waals surface area contributed by atoms with Crippen LogP contribution in [0.4, 0.5) is 5.69 Å². The minimum atomic E-state index is -3.89. The maximum Gasteiger partial charge on any atom is 0.303 e. The predicted octanol–water partition coefficient (Wildman–Crippen LogP) is 4.19. The van der Waals surface area contributed by atoms with Gasteiger partial charge in [-0.15, -0.1) is 0 Å². The van der Waals surface area contributed by atoms with Crippen LogP contribution >= 0.6 is 0 Å². The summed E-state index contributed by atoms with van der Waals surface area (Å²) in [5.41, 5.74) is 3.60. The van der Waals surface area contributed by atoms with Crippen molar-refractivity contribution < 1.29 is 23.1 Å². The fourth-order valence-electron chi connectivity index (χ4n) is 3.74. The molecule has 0 amide bonds. The zero-order valence-electron chi connectivity index (χ0n) is 17.9. The van der Waals surface area contributed by atoms with Crippen LogP contribution < -0.4 is 9.04 Å². The highest BCUT2D eigenvalue weighted by molar-refractivity contribution is 7.92. The molecule has 0 aliphatic carbocycles. The molecule has 166 valence electrons. The second-order valence-electron chi connectivity index (χ2n) is 7.87. The van der Waals surface area contributed by atoms with E-state index in [1.54, 1.807) is 30.3 Å². The van der Waals surface area contributed by atoms with Crippen LogP contribution in [0.1, 0.15) is 24.1 Å². The Morgan fingerprint density at radius 2 is 1.91 bits per heavy atom. The van der Waals surface area contributed by atoms with Crippen molar-refractivity contribution in [2.75, 3.05) is 10.8 Å². The normalized spacial score (nSPS) is 15.7. The number of carboxylic acids is 1. The number of rotatable bonds is 6. The van der Waals surface area contributed by atoms with Crippen LogP contribution in [0.3, 0.4) is 0 Å². The molecule has 0 bridgehead atoms. The van der Waals surface area contributed by atoms with E-state index >= 15 is 0 Å². The lowest BCUT2D eigenvalue weighted by molar-refractivity contribution is -0.137. The standard InChI is InChI=1S/C24H24N2O5S/c1-16-5-3-7-20(13-16)32(29,30)26-15-19(10-12-24(27)28)31-23-11-9-18(14-22(23)26)21-8-4-6-17(2)25-21/h3-9,11,13-14,19H,10,12,15H2,1-2H3,(H,27,28)/t19-/m0/s1. The molecule has 0 saturated heterocycles. The summed E-state index contributed by atoms with van der Waals surface area (Å²) in [7, 11) is -3.89. The van der Waals surface area contributed by atoms with E-state index < -0.39 is 22.1 Å². The summed E-state index contributed by atoms with van der Waals surface area (Å²) in [6, 6.07) is 17.7. The number of carbonyl (C=O) groups is 1. The number of carboxylic acid groups (broad SMARTS) is 1. The lowest BCUT2D eigenvalue weighted by Crippen LogP contribution is -2.43. The molecule has 0 saturated carbocycles. The van der Waals surface area contributed by atoms with Gasteiger partial charge in [0.1, 0.15) is 11.9 Å². The Hall–Kier alpha value is -3.39. The third kappa shape index (κ3) is 4.45. The number of fused-ring (bicyclic) bond motifs is 1. The first-order valence-electron chi connectivity index (χ1n) is 10.3. The molecule has 2 heterocycles. The summed E-state index contributed by atoms with van der Waals surface area (Å²) in [5, 5.41) is 9.06. The van der Waals surface area contributed by atoms with Crippen LogP contribution in [0.2, 0.25) is 0 Å². The third-order valence-corrected chi connectivity index (χ3v) is 7.11. The fourth-order valence-corrected chi connectivity index (χ4v) is 5.34. The van der Waals surface area contributed by atoms with Crippen molar-refractivity contribution >= 4 is 21.7 Å². The lowest BCUT2D eigenvalue weighted by atomic mass is 10.1. The van der Waals surface area contributed by atoms with Gasteiger partial charge in [0.15, 0.2) is 0 Å². The molecule has 0 unspecified atom stereocenters. The molecule has 2 aromatic carbocycles. The van der Waals surface area contributed by atoms with E-state index in [1.165, 1.54) is 4.31 Å². The first-order chi connectivity index (χ1) is 15.2. The summed E-state index contributed by atoms with van der Waals surface area (Å²) in [4.78, 5) is 15.8. The number of ether oxygens (including phenoxy) is 1. The van der Waals surface area contributed by atoms with Crippen LogP contribution in [0, 0.1) is 13.8 Å². The molecule has 32 heavy (non-hydrogen) atoms. The number of hydrogen-bond donors (Lipinski definition) is 1. The van der Waals surface area contributed by atoms with Gasteiger partial charge < -0.3 is 9.84 Å².